The molecule has 15 heavy (non-hydrogen) atoms. The second-order valence-corrected chi connectivity index (χ2v) is 2.79. The normalized spacial score (nSPS) is 11.2. The molecule has 1 aromatic rings. The van der Waals surface area contributed by atoms with Gasteiger partial charge in [-0.2, -0.15) is 13.2 Å². The van der Waals surface area contributed by atoms with E-state index in [0.717, 1.165) is 0 Å². The van der Waals surface area contributed by atoms with Gasteiger partial charge in [0.2, 0.25) is 0 Å². The Morgan fingerprint density at radius 1 is 1.20 bits per heavy atom. The monoisotopic (exact) mass is 220 g/mol. The first kappa shape index (κ1) is 11.5. The molecule has 7 heteroatoms. The predicted molar refractivity (Wildman–Crippen MR) is 50.7 cm³/mol. The van der Waals surface area contributed by atoms with Crippen molar-refractivity contribution in [2.24, 2.45) is 0 Å². The van der Waals surface area contributed by atoms with Crippen molar-refractivity contribution >= 4 is 11.6 Å². The molecular formula is C8H11F3N4. The summed E-state index contributed by atoms with van der Waals surface area (Å²) >= 11 is 0. The molecule has 4 nitrogen and oxygen atoms in total. The summed E-state index contributed by atoms with van der Waals surface area (Å²) < 4.78 is 35.6. The summed E-state index contributed by atoms with van der Waals surface area (Å²) in [5, 5.41) is 5.04. The molecule has 84 valence electrons. The molecule has 1 rings (SSSR count). The topological polar surface area (TPSA) is 49.8 Å². The van der Waals surface area contributed by atoms with Crippen LogP contribution in [0.3, 0.4) is 0 Å². The maximum atomic E-state index is 11.9. The standard InChI is InChI=1S/C8H11F3N4/c1-2-12-6-3-7(15-5-14-6)13-4-8(9,10)11/h3,5H,2,4H2,1H3,(H2,12,13,14,15). The molecule has 0 bridgehead atoms. The van der Waals surface area contributed by atoms with Crippen LogP contribution in [0.1, 0.15) is 6.92 Å². The molecule has 0 aromatic carbocycles. The summed E-state index contributed by atoms with van der Waals surface area (Å²) in [7, 11) is 0. The van der Waals surface area contributed by atoms with Gasteiger partial charge < -0.3 is 10.6 Å². The lowest BCUT2D eigenvalue weighted by atomic mass is 10.5. The molecule has 0 aliphatic heterocycles. The zero-order valence-corrected chi connectivity index (χ0v) is 8.10. The zero-order chi connectivity index (χ0) is 11.3. The van der Waals surface area contributed by atoms with E-state index in [1.54, 1.807) is 0 Å². The van der Waals surface area contributed by atoms with Gasteiger partial charge in [-0.3, -0.25) is 0 Å². The van der Waals surface area contributed by atoms with Crippen LogP contribution in [0.2, 0.25) is 0 Å². The number of hydrogen-bond acceptors (Lipinski definition) is 4. The molecule has 0 atom stereocenters. The number of rotatable bonds is 4. The Morgan fingerprint density at radius 2 is 1.80 bits per heavy atom. The van der Waals surface area contributed by atoms with Gasteiger partial charge in [-0.05, 0) is 6.92 Å². The fourth-order valence-corrected chi connectivity index (χ4v) is 0.923. The highest BCUT2D eigenvalue weighted by atomic mass is 19.4. The van der Waals surface area contributed by atoms with Gasteiger partial charge in [0, 0.05) is 12.6 Å². The lowest BCUT2D eigenvalue weighted by molar-refractivity contribution is -0.115. The van der Waals surface area contributed by atoms with E-state index < -0.39 is 12.7 Å². The molecule has 0 fully saturated rings. The van der Waals surface area contributed by atoms with Crippen LogP contribution < -0.4 is 10.6 Å². The van der Waals surface area contributed by atoms with E-state index in [1.165, 1.54) is 12.4 Å². The van der Waals surface area contributed by atoms with Gasteiger partial charge in [0.1, 0.15) is 24.5 Å². The fraction of sp³-hybridized carbons (Fsp3) is 0.500. The third-order valence-electron chi connectivity index (χ3n) is 1.49. The quantitative estimate of drug-likeness (QED) is 0.813. The molecule has 0 saturated heterocycles. The molecule has 0 unspecified atom stereocenters. The first-order chi connectivity index (χ1) is 7.01. The Balaban J connectivity index is 2.57. The SMILES string of the molecule is CCNc1cc(NCC(F)(F)F)ncn1. The first-order valence-electron chi connectivity index (χ1n) is 4.38. The number of hydrogen-bond donors (Lipinski definition) is 2. The van der Waals surface area contributed by atoms with E-state index in [9.17, 15) is 13.2 Å². The summed E-state index contributed by atoms with van der Waals surface area (Å²) in [6.07, 6.45) is -3.04. The van der Waals surface area contributed by atoms with Crippen LogP contribution in [-0.4, -0.2) is 29.2 Å². The van der Waals surface area contributed by atoms with Gasteiger partial charge in [-0.25, -0.2) is 9.97 Å². The molecule has 0 spiro atoms. The van der Waals surface area contributed by atoms with Crippen molar-refractivity contribution in [3.8, 4) is 0 Å². The molecule has 0 saturated carbocycles. The minimum Gasteiger partial charge on any atom is -0.370 e. The summed E-state index contributed by atoms with van der Waals surface area (Å²) in [5.41, 5.74) is 0. The van der Waals surface area contributed by atoms with Gasteiger partial charge in [0.05, 0.1) is 0 Å². The van der Waals surface area contributed by atoms with Crippen LogP contribution in [0.25, 0.3) is 0 Å². The number of alkyl halides is 3. The van der Waals surface area contributed by atoms with Crippen molar-refractivity contribution in [1.29, 1.82) is 0 Å². The molecule has 0 aliphatic rings. The Bertz CT molecular complexity index is 313. The van der Waals surface area contributed by atoms with E-state index in [0.29, 0.717) is 12.4 Å². The highest BCUT2D eigenvalue weighted by molar-refractivity contribution is 5.46. The maximum absolute atomic E-state index is 11.9. The van der Waals surface area contributed by atoms with E-state index in [4.69, 9.17) is 0 Å². The molecule has 1 heterocycles. The number of anilines is 2. The van der Waals surface area contributed by atoms with Crippen LogP contribution >= 0.6 is 0 Å². The maximum Gasteiger partial charge on any atom is 0.405 e. The number of nitrogens with zero attached hydrogens (tertiary/aromatic N) is 2. The Hall–Kier alpha value is -1.53. The minimum absolute atomic E-state index is 0.151. The van der Waals surface area contributed by atoms with Gasteiger partial charge >= 0.3 is 6.18 Å². The van der Waals surface area contributed by atoms with Crippen LogP contribution in [0, 0.1) is 0 Å². The van der Waals surface area contributed by atoms with Crippen molar-refractivity contribution in [3.05, 3.63) is 12.4 Å². The largest absolute Gasteiger partial charge is 0.405 e. The zero-order valence-electron chi connectivity index (χ0n) is 8.10. The molecule has 0 aliphatic carbocycles. The van der Waals surface area contributed by atoms with Crippen molar-refractivity contribution in [2.75, 3.05) is 23.7 Å². The average Bonchev–Trinajstić information content (AvgIpc) is 2.15. The Morgan fingerprint density at radius 3 is 2.33 bits per heavy atom. The number of aromatic nitrogens is 2. The van der Waals surface area contributed by atoms with Crippen molar-refractivity contribution in [1.82, 2.24) is 9.97 Å². The van der Waals surface area contributed by atoms with Gasteiger partial charge in [-0.1, -0.05) is 0 Å². The van der Waals surface area contributed by atoms with E-state index in [1.807, 2.05) is 6.92 Å². The third kappa shape index (κ3) is 4.48. The highest BCUT2D eigenvalue weighted by Crippen LogP contribution is 2.16. The number of halogens is 3. The van der Waals surface area contributed by atoms with Crippen molar-refractivity contribution < 1.29 is 13.2 Å². The van der Waals surface area contributed by atoms with Crippen LogP contribution in [-0.2, 0) is 0 Å². The molecule has 1 aromatic heterocycles. The van der Waals surface area contributed by atoms with Crippen molar-refractivity contribution in [2.45, 2.75) is 13.1 Å². The average molecular weight is 220 g/mol. The van der Waals surface area contributed by atoms with Gasteiger partial charge in [-0.15, -0.1) is 0 Å². The fourth-order valence-electron chi connectivity index (χ4n) is 0.923. The summed E-state index contributed by atoms with van der Waals surface area (Å²) in [6.45, 7) is 1.41. The summed E-state index contributed by atoms with van der Waals surface area (Å²) in [5.74, 6) is 0.649. The highest BCUT2D eigenvalue weighted by Gasteiger charge is 2.26. The molecular weight excluding hydrogens is 209 g/mol. The lowest BCUT2D eigenvalue weighted by Crippen LogP contribution is -2.21. The lowest BCUT2D eigenvalue weighted by Gasteiger charge is -2.09. The van der Waals surface area contributed by atoms with E-state index in [-0.39, 0.29) is 5.82 Å². The van der Waals surface area contributed by atoms with Crippen LogP contribution in [0.4, 0.5) is 24.8 Å². The second-order valence-electron chi connectivity index (χ2n) is 2.79. The third-order valence-corrected chi connectivity index (χ3v) is 1.49. The number of nitrogens with one attached hydrogen (secondary N) is 2. The Labute approximate surface area is 84.9 Å². The molecule has 0 radical (unpaired) electrons. The molecule has 0 amide bonds. The van der Waals surface area contributed by atoms with E-state index >= 15 is 0 Å². The predicted octanol–water partition coefficient (Wildman–Crippen LogP) is 1.88. The minimum atomic E-state index is -4.25. The smallest absolute Gasteiger partial charge is 0.370 e. The van der Waals surface area contributed by atoms with E-state index in [2.05, 4.69) is 20.6 Å². The second kappa shape index (κ2) is 4.81. The Kier molecular flexibility index (Phi) is 3.70. The summed E-state index contributed by atoms with van der Waals surface area (Å²) in [4.78, 5) is 7.49. The van der Waals surface area contributed by atoms with Gasteiger partial charge in [0.15, 0.2) is 0 Å². The first-order valence-corrected chi connectivity index (χ1v) is 4.38. The van der Waals surface area contributed by atoms with Crippen LogP contribution in [0.15, 0.2) is 12.4 Å². The summed E-state index contributed by atoms with van der Waals surface area (Å²) in [6, 6.07) is 1.43. The molecule has 2 N–H and O–H groups in total. The van der Waals surface area contributed by atoms with Crippen LogP contribution in [0.5, 0.6) is 0 Å². The van der Waals surface area contributed by atoms with Gasteiger partial charge in [0.25, 0.3) is 0 Å². The van der Waals surface area contributed by atoms with Crippen molar-refractivity contribution in [3.63, 3.8) is 0 Å².